The summed E-state index contributed by atoms with van der Waals surface area (Å²) in [5.74, 6) is -0.0611. The van der Waals surface area contributed by atoms with Crippen molar-refractivity contribution in [3.8, 4) is 5.75 Å². The van der Waals surface area contributed by atoms with Crippen LogP contribution < -0.4 is 10.1 Å². The van der Waals surface area contributed by atoms with E-state index in [1.807, 2.05) is 0 Å². The Morgan fingerprint density at radius 2 is 2.18 bits per heavy atom. The molecule has 0 unspecified atom stereocenters. The molecule has 17 heavy (non-hydrogen) atoms. The number of nitro groups is 1. The molecule has 0 spiro atoms. The van der Waals surface area contributed by atoms with E-state index >= 15 is 0 Å². The van der Waals surface area contributed by atoms with Crippen molar-refractivity contribution < 1.29 is 14.5 Å². The lowest BCUT2D eigenvalue weighted by molar-refractivity contribution is -0.384. The second kappa shape index (κ2) is 5.11. The zero-order valence-electron chi connectivity index (χ0n) is 9.52. The van der Waals surface area contributed by atoms with Gasteiger partial charge in [0.05, 0.1) is 17.7 Å². The lowest BCUT2D eigenvalue weighted by Crippen LogP contribution is -2.12. The molecule has 0 saturated heterocycles. The van der Waals surface area contributed by atoms with E-state index in [2.05, 4.69) is 11.9 Å². The maximum absolute atomic E-state index is 11.4. The third kappa shape index (κ3) is 3.04. The largest absolute Gasteiger partial charge is 0.495 e. The highest BCUT2D eigenvalue weighted by Crippen LogP contribution is 2.28. The van der Waals surface area contributed by atoms with Crippen molar-refractivity contribution in [2.45, 2.75) is 6.92 Å². The Balaban J connectivity index is 3.10. The summed E-state index contributed by atoms with van der Waals surface area (Å²) in [7, 11) is 1.41. The molecule has 0 bridgehead atoms. The molecule has 6 nitrogen and oxygen atoms in total. The summed E-state index contributed by atoms with van der Waals surface area (Å²) in [6.45, 7) is 5.02. The van der Waals surface area contributed by atoms with Crippen LogP contribution in [-0.2, 0) is 4.79 Å². The van der Waals surface area contributed by atoms with Gasteiger partial charge in [-0.1, -0.05) is 6.58 Å². The first-order valence-electron chi connectivity index (χ1n) is 4.75. The number of anilines is 1. The molecule has 1 amide bonds. The number of benzene rings is 1. The van der Waals surface area contributed by atoms with Crippen molar-refractivity contribution in [1.82, 2.24) is 0 Å². The van der Waals surface area contributed by atoms with Crippen LogP contribution in [0.1, 0.15) is 6.92 Å². The molecule has 1 aromatic rings. The molecule has 1 N–H and O–H groups in total. The third-order valence-electron chi connectivity index (χ3n) is 2.03. The fourth-order valence-corrected chi connectivity index (χ4v) is 1.14. The molecule has 0 aliphatic carbocycles. The van der Waals surface area contributed by atoms with Crippen molar-refractivity contribution in [3.05, 3.63) is 40.5 Å². The Bertz CT molecular complexity index is 482. The number of amides is 1. The summed E-state index contributed by atoms with van der Waals surface area (Å²) >= 11 is 0. The van der Waals surface area contributed by atoms with E-state index in [4.69, 9.17) is 4.74 Å². The highest BCUT2D eigenvalue weighted by molar-refractivity contribution is 6.03. The monoisotopic (exact) mass is 236 g/mol. The van der Waals surface area contributed by atoms with Gasteiger partial charge in [0.1, 0.15) is 5.75 Å². The molecule has 0 atom stereocenters. The van der Waals surface area contributed by atoms with Gasteiger partial charge in [-0.2, -0.15) is 0 Å². The van der Waals surface area contributed by atoms with E-state index in [-0.39, 0.29) is 11.4 Å². The molecular formula is C11H12N2O4. The van der Waals surface area contributed by atoms with Crippen LogP contribution in [0.4, 0.5) is 11.4 Å². The summed E-state index contributed by atoms with van der Waals surface area (Å²) in [5.41, 5.74) is 0.427. The first kappa shape index (κ1) is 12.7. The molecule has 6 heteroatoms. The Hall–Kier alpha value is -2.37. The van der Waals surface area contributed by atoms with Crippen molar-refractivity contribution >= 4 is 17.3 Å². The number of carbonyl (C=O) groups excluding carboxylic acids is 1. The summed E-state index contributed by atoms with van der Waals surface area (Å²) in [6.07, 6.45) is 0. The number of methoxy groups -OCH3 is 1. The van der Waals surface area contributed by atoms with E-state index in [0.29, 0.717) is 11.3 Å². The number of rotatable bonds is 4. The number of carbonyl (C=O) groups is 1. The van der Waals surface area contributed by atoms with Crippen LogP contribution >= 0.6 is 0 Å². The maximum atomic E-state index is 11.4. The fraction of sp³-hybridized carbons (Fsp3) is 0.182. The molecular weight excluding hydrogens is 224 g/mol. The van der Waals surface area contributed by atoms with Gasteiger partial charge in [0.25, 0.3) is 11.6 Å². The minimum absolute atomic E-state index is 0.122. The van der Waals surface area contributed by atoms with Crippen molar-refractivity contribution in [2.75, 3.05) is 12.4 Å². The van der Waals surface area contributed by atoms with Crippen LogP contribution in [0.3, 0.4) is 0 Å². The van der Waals surface area contributed by atoms with Crippen LogP contribution in [0.2, 0.25) is 0 Å². The number of nitro benzene ring substituents is 1. The van der Waals surface area contributed by atoms with Gasteiger partial charge in [-0.05, 0) is 13.0 Å². The van der Waals surface area contributed by atoms with Crippen molar-refractivity contribution in [3.63, 3.8) is 0 Å². The number of nitrogens with zero attached hydrogens (tertiary/aromatic N) is 1. The summed E-state index contributed by atoms with van der Waals surface area (Å²) in [5, 5.41) is 13.1. The van der Waals surface area contributed by atoms with Crippen LogP contribution in [-0.4, -0.2) is 17.9 Å². The van der Waals surface area contributed by atoms with Crippen LogP contribution in [0.15, 0.2) is 30.4 Å². The highest BCUT2D eigenvalue weighted by Gasteiger charge is 2.13. The highest BCUT2D eigenvalue weighted by atomic mass is 16.6. The standard InChI is InChI=1S/C11H12N2O4/c1-7(2)11(14)12-9-6-8(13(15)16)4-5-10(9)17-3/h4-6H,1H2,2-3H3,(H,12,14). The predicted molar refractivity (Wildman–Crippen MR) is 63.1 cm³/mol. The lowest BCUT2D eigenvalue weighted by Gasteiger charge is -2.09. The van der Waals surface area contributed by atoms with Crippen molar-refractivity contribution in [1.29, 1.82) is 0 Å². The Labute approximate surface area is 98.0 Å². The molecule has 90 valence electrons. The fourth-order valence-electron chi connectivity index (χ4n) is 1.14. The second-order valence-electron chi connectivity index (χ2n) is 3.38. The average Bonchev–Trinajstić information content (AvgIpc) is 2.28. The summed E-state index contributed by atoms with van der Waals surface area (Å²) in [4.78, 5) is 21.5. The molecule has 1 aromatic carbocycles. The van der Waals surface area contributed by atoms with Gasteiger partial charge in [-0.25, -0.2) is 0 Å². The summed E-state index contributed by atoms with van der Waals surface area (Å²) in [6, 6.07) is 3.96. The Morgan fingerprint density at radius 1 is 1.53 bits per heavy atom. The van der Waals surface area contributed by atoms with Gasteiger partial charge in [0, 0.05) is 17.7 Å². The van der Waals surface area contributed by atoms with E-state index in [1.54, 1.807) is 6.92 Å². The number of nitrogens with one attached hydrogen (secondary N) is 1. The molecule has 0 radical (unpaired) electrons. The van der Waals surface area contributed by atoms with Gasteiger partial charge < -0.3 is 10.1 Å². The first-order chi connectivity index (χ1) is 7.95. The van der Waals surface area contributed by atoms with E-state index in [0.717, 1.165) is 0 Å². The molecule has 0 saturated carbocycles. The van der Waals surface area contributed by atoms with E-state index in [1.165, 1.54) is 25.3 Å². The minimum atomic E-state index is -0.546. The number of hydrogen-bond acceptors (Lipinski definition) is 4. The minimum Gasteiger partial charge on any atom is -0.495 e. The van der Waals surface area contributed by atoms with E-state index < -0.39 is 10.8 Å². The maximum Gasteiger partial charge on any atom is 0.271 e. The number of non-ortho nitro benzene ring substituents is 1. The molecule has 0 aliphatic rings. The van der Waals surface area contributed by atoms with Gasteiger partial charge in [0.15, 0.2) is 0 Å². The predicted octanol–water partition coefficient (Wildman–Crippen LogP) is 2.12. The van der Waals surface area contributed by atoms with Gasteiger partial charge in [-0.15, -0.1) is 0 Å². The van der Waals surface area contributed by atoms with Gasteiger partial charge >= 0.3 is 0 Å². The lowest BCUT2D eigenvalue weighted by atomic mass is 10.2. The zero-order valence-corrected chi connectivity index (χ0v) is 9.52. The van der Waals surface area contributed by atoms with Gasteiger partial charge in [-0.3, -0.25) is 14.9 Å². The van der Waals surface area contributed by atoms with Crippen LogP contribution in [0.5, 0.6) is 5.75 Å². The Kier molecular flexibility index (Phi) is 3.82. The number of hydrogen-bond donors (Lipinski definition) is 1. The topological polar surface area (TPSA) is 81.5 Å². The average molecular weight is 236 g/mol. The Morgan fingerprint density at radius 3 is 2.65 bits per heavy atom. The quantitative estimate of drug-likeness (QED) is 0.493. The number of ether oxygens (including phenoxy) is 1. The first-order valence-corrected chi connectivity index (χ1v) is 4.75. The molecule has 0 aliphatic heterocycles. The molecule has 0 aromatic heterocycles. The molecule has 1 rings (SSSR count). The van der Waals surface area contributed by atoms with E-state index in [9.17, 15) is 14.9 Å². The van der Waals surface area contributed by atoms with Gasteiger partial charge in [0.2, 0.25) is 0 Å². The van der Waals surface area contributed by atoms with Crippen LogP contribution in [0, 0.1) is 10.1 Å². The molecule has 0 fully saturated rings. The van der Waals surface area contributed by atoms with Crippen LogP contribution in [0.25, 0.3) is 0 Å². The zero-order chi connectivity index (χ0) is 13.0. The normalized spacial score (nSPS) is 9.53. The third-order valence-corrected chi connectivity index (χ3v) is 2.03. The summed E-state index contributed by atoms with van der Waals surface area (Å²) < 4.78 is 4.99. The smallest absolute Gasteiger partial charge is 0.271 e. The SMILES string of the molecule is C=C(C)C(=O)Nc1cc([N+](=O)[O-])ccc1OC. The van der Waals surface area contributed by atoms with Crippen molar-refractivity contribution in [2.24, 2.45) is 0 Å². The second-order valence-corrected chi connectivity index (χ2v) is 3.38. The molecule has 0 heterocycles.